The number of nitrogens with zero attached hydrogens (tertiary/aromatic N) is 2. The van der Waals surface area contributed by atoms with Crippen LogP contribution in [-0.2, 0) is 13.0 Å². The van der Waals surface area contributed by atoms with Crippen molar-refractivity contribution in [2.75, 3.05) is 7.11 Å². The minimum Gasteiger partial charge on any atom is -0.481 e. The molecule has 0 saturated heterocycles. The Hall–Kier alpha value is -1.81. The lowest BCUT2D eigenvalue weighted by molar-refractivity contribution is 0.156. The molecule has 1 aliphatic carbocycles. The predicted octanol–water partition coefficient (Wildman–Crippen LogP) is 2.31. The fraction of sp³-hybridized carbons (Fsp3) is 0.400. The predicted molar refractivity (Wildman–Crippen MR) is 72.2 cm³/mol. The second-order valence-corrected chi connectivity index (χ2v) is 4.96. The molecule has 0 saturated carbocycles. The molecule has 1 unspecified atom stereocenters. The molecule has 100 valence electrons. The monoisotopic (exact) mass is 258 g/mol. The highest BCUT2D eigenvalue weighted by molar-refractivity contribution is 5.29. The van der Waals surface area contributed by atoms with E-state index < -0.39 is 0 Å². The van der Waals surface area contributed by atoms with Crippen LogP contribution in [0.4, 0.5) is 0 Å². The maximum absolute atomic E-state index is 9.97. The number of pyridine rings is 1. The van der Waals surface area contributed by atoms with Gasteiger partial charge in [-0.2, -0.15) is 0 Å². The van der Waals surface area contributed by atoms with Crippen LogP contribution >= 0.6 is 0 Å². The Labute approximate surface area is 112 Å². The van der Waals surface area contributed by atoms with Crippen molar-refractivity contribution in [2.45, 2.75) is 31.9 Å². The Bertz CT molecular complexity index is 560. The lowest BCUT2D eigenvalue weighted by Gasteiger charge is -2.20. The van der Waals surface area contributed by atoms with Gasteiger partial charge in [-0.25, -0.2) is 4.98 Å². The molecule has 0 aliphatic heterocycles. The first kappa shape index (κ1) is 12.2. The van der Waals surface area contributed by atoms with Crippen LogP contribution in [0.15, 0.2) is 30.6 Å². The highest BCUT2D eigenvalue weighted by atomic mass is 16.5. The molecule has 0 bridgehead atoms. The van der Waals surface area contributed by atoms with E-state index in [1.54, 1.807) is 7.11 Å². The van der Waals surface area contributed by atoms with Crippen molar-refractivity contribution >= 4 is 0 Å². The topological polar surface area (TPSA) is 47.3 Å². The van der Waals surface area contributed by atoms with Gasteiger partial charge in [0.2, 0.25) is 5.88 Å². The van der Waals surface area contributed by atoms with Gasteiger partial charge in [0.1, 0.15) is 0 Å². The molecular weight excluding hydrogens is 240 g/mol. The highest BCUT2D eigenvalue weighted by Crippen LogP contribution is 2.30. The highest BCUT2D eigenvalue weighted by Gasteiger charge is 2.20. The van der Waals surface area contributed by atoms with Gasteiger partial charge in [-0.15, -0.1) is 0 Å². The fourth-order valence-corrected chi connectivity index (χ4v) is 2.70. The second-order valence-electron chi connectivity index (χ2n) is 4.96. The van der Waals surface area contributed by atoms with Gasteiger partial charge in [0.25, 0.3) is 0 Å². The molecule has 3 rings (SSSR count). The van der Waals surface area contributed by atoms with E-state index in [0.717, 1.165) is 36.9 Å². The number of hydrogen-bond acceptors (Lipinski definition) is 3. The summed E-state index contributed by atoms with van der Waals surface area (Å²) in [7, 11) is 1.62. The number of hydrogen-bond donors (Lipinski definition) is 1. The number of methoxy groups -OCH3 is 1. The lowest BCUT2D eigenvalue weighted by Crippen LogP contribution is -2.12. The minimum absolute atomic E-state index is 0.293. The third-order valence-electron chi connectivity index (χ3n) is 3.72. The minimum atomic E-state index is -0.293. The van der Waals surface area contributed by atoms with Gasteiger partial charge in [-0.3, -0.25) is 0 Å². The number of fused-ring (bicyclic) bond motifs is 1. The molecule has 0 aromatic carbocycles. The maximum atomic E-state index is 9.97. The van der Waals surface area contributed by atoms with Gasteiger partial charge in [0.05, 0.1) is 13.2 Å². The van der Waals surface area contributed by atoms with E-state index in [-0.39, 0.29) is 6.10 Å². The molecule has 2 heterocycles. The van der Waals surface area contributed by atoms with Crippen LogP contribution < -0.4 is 4.74 Å². The largest absolute Gasteiger partial charge is 0.481 e. The van der Waals surface area contributed by atoms with E-state index in [1.807, 2.05) is 24.4 Å². The van der Waals surface area contributed by atoms with Crippen molar-refractivity contribution in [3.8, 4) is 5.88 Å². The van der Waals surface area contributed by atoms with Gasteiger partial charge in [-0.1, -0.05) is 6.07 Å². The molecule has 1 N–H and O–H groups in total. The van der Waals surface area contributed by atoms with E-state index in [2.05, 4.69) is 15.7 Å². The Morgan fingerprint density at radius 3 is 3.05 bits per heavy atom. The first-order valence-corrected chi connectivity index (χ1v) is 6.63. The molecule has 4 heteroatoms. The molecule has 0 spiro atoms. The van der Waals surface area contributed by atoms with Crippen molar-refractivity contribution in [3.63, 3.8) is 0 Å². The standard InChI is InChI=1S/C15H18N2O2/c1-19-15-6-5-11(9-16-15)10-17-8-7-12-13(17)3-2-4-14(12)18/h5-9,14,18H,2-4,10H2,1H3. The second kappa shape index (κ2) is 5.05. The van der Waals surface area contributed by atoms with E-state index in [0.29, 0.717) is 5.88 Å². The van der Waals surface area contributed by atoms with E-state index in [4.69, 9.17) is 4.74 Å². The van der Waals surface area contributed by atoms with Crippen LogP contribution in [0.3, 0.4) is 0 Å². The zero-order valence-electron chi connectivity index (χ0n) is 11.0. The van der Waals surface area contributed by atoms with Gasteiger partial charge in [-0.05, 0) is 30.9 Å². The fourth-order valence-electron chi connectivity index (χ4n) is 2.70. The molecule has 2 aromatic rings. The molecule has 1 atom stereocenters. The zero-order valence-corrected chi connectivity index (χ0v) is 11.0. The molecule has 2 aromatic heterocycles. The van der Waals surface area contributed by atoms with Crippen molar-refractivity contribution in [1.82, 2.24) is 9.55 Å². The molecule has 19 heavy (non-hydrogen) atoms. The van der Waals surface area contributed by atoms with Crippen LogP contribution in [0.25, 0.3) is 0 Å². The molecule has 0 amide bonds. The molecule has 1 aliphatic rings. The smallest absolute Gasteiger partial charge is 0.212 e. The molecular formula is C15H18N2O2. The normalized spacial score (nSPS) is 18.1. The van der Waals surface area contributed by atoms with Crippen LogP contribution in [0, 0.1) is 0 Å². The van der Waals surface area contributed by atoms with Crippen LogP contribution in [-0.4, -0.2) is 21.8 Å². The maximum Gasteiger partial charge on any atom is 0.212 e. The summed E-state index contributed by atoms with van der Waals surface area (Å²) in [5, 5.41) is 9.97. The van der Waals surface area contributed by atoms with E-state index in [1.165, 1.54) is 5.69 Å². The lowest BCUT2D eigenvalue weighted by atomic mass is 9.95. The summed E-state index contributed by atoms with van der Waals surface area (Å²) >= 11 is 0. The van der Waals surface area contributed by atoms with Crippen molar-refractivity contribution in [2.24, 2.45) is 0 Å². The molecule has 0 fully saturated rings. The van der Waals surface area contributed by atoms with E-state index >= 15 is 0 Å². The molecule has 0 radical (unpaired) electrons. The van der Waals surface area contributed by atoms with Crippen LogP contribution in [0.1, 0.15) is 35.8 Å². The third kappa shape index (κ3) is 2.36. The Kier molecular flexibility index (Phi) is 3.25. The summed E-state index contributed by atoms with van der Waals surface area (Å²) in [6, 6.07) is 5.94. The summed E-state index contributed by atoms with van der Waals surface area (Å²) in [5.74, 6) is 0.633. The van der Waals surface area contributed by atoms with Gasteiger partial charge in [0, 0.05) is 36.3 Å². The summed E-state index contributed by atoms with van der Waals surface area (Å²) < 4.78 is 7.27. The Morgan fingerprint density at radius 2 is 2.32 bits per heavy atom. The van der Waals surface area contributed by atoms with Gasteiger partial charge < -0.3 is 14.4 Å². The Morgan fingerprint density at radius 1 is 1.42 bits per heavy atom. The van der Waals surface area contributed by atoms with Crippen molar-refractivity contribution in [3.05, 3.63) is 47.4 Å². The number of aliphatic hydroxyl groups excluding tert-OH is 1. The number of ether oxygens (including phenoxy) is 1. The van der Waals surface area contributed by atoms with Crippen molar-refractivity contribution in [1.29, 1.82) is 0 Å². The summed E-state index contributed by atoms with van der Waals surface area (Å²) in [4.78, 5) is 4.22. The number of aliphatic hydroxyl groups is 1. The summed E-state index contributed by atoms with van der Waals surface area (Å²) in [6.45, 7) is 0.791. The summed E-state index contributed by atoms with van der Waals surface area (Å²) in [5.41, 5.74) is 3.49. The third-order valence-corrected chi connectivity index (χ3v) is 3.72. The van der Waals surface area contributed by atoms with Crippen molar-refractivity contribution < 1.29 is 9.84 Å². The quantitative estimate of drug-likeness (QED) is 0.919. The van der Waals surface area contributed by atoms with E-state index in [9.17, 15) is 5.11 Å². The average Bonchev–Trinajstić information content (AvgIpc) is 2.84. The first-order valence-electron chi connectivity index (χ1n) is 6.63. The number of rotatable bonds is 3. The average molecular weight is 258 g/mol. The van der Waals surface area contributed by atoms with Gasteiger partial charge in [0.15, 0.2) is 0 Å². The Balaban J connectivity index is 1.83. The summed E-state index contributed by atoms with van der Waals surface area (Å²) in [6.07, 6.45) is 6.58. The number of aromatic nitrogens is 2. The van der Waals surface area contributed by atoms with Crippen LogP contribution in [0.5, 0.6) is 5.88 Å². The zero-order chi connectivity index (χ0) is 13.2. The first-order chi connectivity index (χ1) is 9.28. The SMILES string of the molecule is COc1ccc(Cn2ccc3c2CCCC3O)cn1. The molecule has 4 nitrogen and oxygen atoms in total. The van der Waals surface area contributed by atoms with Gasteiger partial charge >= 0.3 is 0 Å². The van der Waals surface area contributed by atoms with Crippen LogP contribution in [0.2, 0.25) is 0 Å².